The summed E-state index contributed by atoms with van der Waals surface area (Å²) in [6.45, 7) is 4.21. The molecule has 4 aliphatic heterocycles. The molecule has 12 unspecified atom stereocenters. The maximum absolute atomic E-state index is 15.3. The summed E-state index contributed by atoms with van der Waals surface area (Å²) in [6.07, 6.45) is -7.23. The van der Waals surface area contributed by atoms with Crippen LogP contribution in [-0.4, -0.2) is 147 Å². The maximum atomic E-state index is 15.3. The summed E-state index contributed by atoms with van der Waals surface area (Å²) in [6, 6.07) is 30.9. The highest BCUT2D eigenvalue weighted by molar-refractivity contribution is 5.95. The molecule has 2 amide bonds. The zero-order chi connectivity index (χ0) is 52.4. The second-order valence-corrected chi connectivity index (χ2v) is 20.3. The zero-order valence-electron chi connectivity index (χ0n) is 41.2. The van der Waals surface area contributed by atoms with Crippen LogP contribution < -0.4 is 10.6 Å². The van der Waals surface area contributed by atoms with Gasteiger partial charge in [0.1, 0.15) is 59.8 Å². The summed E-state index contributed by atoms with van der Waals surface area (Å²) in [4.78, 5) is 62.5. The van der Waals surface area contributed by atoms with E-state index < -0.39 is 121 Å². The molecule has 9 rings (SSSR count). The van der Waals surface area contributed by atoms with Gasteiger partial charge in [-0.25, -0.2) is 0 Å². The number of benzene rings is 4. The fraction of sp³-hybridized carbons (Fsp3) is 0.455. The van der Waals surface area contributed by atoms with Crippen molar-refractivity contribution in [1.82, 2.24) is 15.7 Å². The van der Waals surface area contributed by atoms with Crippen molar-refractivity contribution in [2.45, 2.75) is 132 Å². The fourth-order valence-corrected chi connectivity index (χ4v) is 10.5. The first-order valence-electron chi connectivity index (χ1n) is 24.8. The minimum Gasteiger partial charge on any atom is -0.460 e. The molecule has 5 aliphatic rings. The largest absolute Gasteiger partial charge is 0.460 e. The van der Waals surface area contributed by atoms with Crippen LogP contribution in [0.15, 0.2) is 115 Å². The van der Waals surface area contributed by atoms with Gasteiger partial charge in [0, 0.05) is 36.1 Å². The van der Waals surface area contributed by atoms with Crippen molar-refractivity contribution in [3.63, 3.8) is 0 Å². The summed E-state index contributed by atoms with van der Waals surface area (Å²) >= 11 is 0. The number of hydrogen-bond donors (Lipinski definition) is 7. The second-order valence-electron chi connectivity index (χ2n) is 20.3. The first-order chi connectivity index (χ1) is 35.5. The van der Waals surface area contributed by atoms with Gasteiger partial charge in [0.25, 0.3) is 5.91 Å². The van der Waals surface area contributed by atoms with E-state index in [1.54, 1.807) is 57.2 Å². The predicted molar refractivity (Wildman–Crippen MR) is 261 cm³/mol. The Balaban J connectivity index is 0.961. The molecule has 19 nitrogen and oxygen atoms in total. The number of nitrogens with zero attached hydrogens (tertiary/aromatic N) is 1. The average Bonchev–Trinajstić information content (AvgIpc) is 3.98. The van der Waals surface area contributed by atoms with Crippen molar-refractivity contribution in [3.05, 3.63) is 149 Å². The summed E-state index contributed by atoms with van der Waals surface area (Å²) in [5, 5.41) is 57.6. The lowest BCUT2D eigenvalue weighted by molar-refractivity contribution is -0.298. The van der Waals surface area contributed by atoms with Gasteiger partial charge in [-0.05, 0) is 56.0 Å². The van der Waals surface area contributed by atoms with Crippen LogP contribution in [0.1, 0.15) is 78.2 Å². The Morgan fingerprint density at radius 1 is 0.851 bits per heavy atom. The lowest BCUT2D eigenvalue weighted by Crippen LogP contribution is -2.69. The molecule has 7 N–H and O–H groups in total. The van der Waals surface area contributed by atoms with E-state index in [1.165, 1.54) is 5.06 Å². The van der Waals surface area contributed by atoms with Gasteiger partial charge in [-0.2, -0.15) is 5.06 Å². The smallest absolute Gasteiger partial charge is 0.327 e. The van der Waals surface area contributed by atoms with Crippen LogP contribution >= 0.6 is 0 Å². The highest BCUT2D eigenvalue weighted by Crippen LogP contribution is 2.59. The van der Waals surface area contributed by atoms with Crippen molar-refractivity contribution >= 4 is 29.8 Å². The van der Waals surface area contributed by atoms with E-state index in [1.807, 2.05) is 84.9 Å². The van der Waals surface area contributed by atoms with E-state index >= 15 is 4.79 Å². The van der Waals surface area contributed by atoms with Crippen LogP contribution in [-0.2, 0) is 66.5 Å². The third kappa shape index (κ3) is 10.8. The van der Waals surface area contributed by atoms with Crippen LogP contribution in [0.3, 0.4) is 0 Å². The van der Waals surface area contributed by atoms with Gasteiger partial charge < -0.3 is 64.6 Å². The summed E-state index contributed by atoms with van der Waals surface area (Å²) < 4.78 is 36.8. The van der Waals surface area contributed by atoms with E-state index in [-0.39, 0.29) is 44.5 Å². The number of hydroxylamine groups is 2. The average molecular weight is 1020 g/mol. The van der Waals surface area contributed by atoms with Gasteiger partial charge in [0.2, 0.25) is 11.7 Å². The highest BCUT2D eigenvalue weighted by atomic mass is 16.8. The summed E-state index contributed by atoms with van der Waals surface area (Å²) in [7, 11) is 0. The van der Waals surface area contributed by atoms with Gasteiger partial charge in [-0.3, -0.25) is 24.0 Å². The molecule has 4 heterocycles. The van der Waals surface area contributed by atoms with Gasteiger partial charge in [-0.15, -0.1) is 0 Å². The number of aliphatic hydroxyl groups is 5. The van der Waals surface area contributed by atoms with E-state index in [9.17, 15) is 39.9 Å². The molecule has 19 heteroatoms. The minimum absolute atomic E-state index is 0.00849. The molecule has 12 atom stereocenters. The highest BCUT2D eigenvalue weighted by Gasteiger charge is 2.76. The zero-order valence-corrected chi connectivity index (χ0v) is 41.2. The maximum Gasteiger partial charge on any atom is 0.327 e. The fourth-order valence-electron chi connectivity index (χ4n) is 10.5. The molecule has 2 bridgehead atoms. The Morgan fingerprint density at radius 2 is 1.54 bits per heavy atom. The van der Waals surface area contributed by atoms with Crippen molar-refractivity contribution < 1.29 is 78.0 Å². The monoisotopic (exact) mass is 1020 g/mol. The topological polar surface area (TPSA) is 261 Å². The molecule has 0 aromatic heterocycles. The first-order valence-corrected chi connectivity index (χ1v) is 24.8. The van der Waals surface area contributed by atoms with Crippen molar-refractivity contribution in [2.75, 3.05) is 19.8 Å². The van der Waals surface area contributed by atoms with Gasteiger partial charge >= 0.3 is 11.9 Å². The van der Waals surface area contributed by atoms with Gasteiger partial charge in [-0.1, -0.05) is 109 Å². The van der Waals surface area contributed by atoms with Crippen molar-refractivity contribution in [3.8, 4) is 0 Å². The minimum atomic E-state index is -1.58. The number of amides is 2. The van der Waals surface area contributed by atoms with Gasteiger partial charge in [0.05, 0.1) is 32.4 Å². The molecule has 1 saturated carbocycles. The molecule has 394 valence electrons. The third-order valence-electron chi connectivity index (χ3n) is 14.0. The Bertz CT molecular complexity index is 2630. The number of carbonyl (C=O) groups is 4. The second kappa shape index (κ2) is 22.1. The predicted octanol–water partition coefficient (Wildman–Crippen LogP) is 2.53. The number of hydrogen-bond acceptors (Lipinski definition) is 17. The summed E-state index contributed by atoms with van der Waals surface area (Å²) in [5.41, 5.74) is 1.39. The molecule has 1 aliphatic carbocycles. The Kier molecular flexibility index (Phi) is 15.8. The lowest BCUT2D eigenvalue weighted by Gasteiger charge is -2.48. The number of ether oxygens (including phenoxy) is 6. The molecule has 5 fully saturated rings. The molecular weight excluding hydrogens is 959 g/mol. The Morgan fingerprint density at radius 3 is 2.23 bits per heavy atom. The molecule has 74 heavy (non-hydrogen) atoms. The molecule has 0 radical (unpaired) electrons. The number of carbonyl (C=O) groups excluding carboxylic acids is 4. The van der Waals surface area contributed by atoms with E-state index in [2.05, 4.69) is 10.6 Å². The van der Waals surface area contributed by atoms with Crippen LogP contribution in [0.4, 0.5) is 0 Å². The molecule has 4 aromatic carbocycles. The van der Waals surface area contributed by atoms with Crippen LogP contribution in [0.5, 0.6) is 0 Å². The van der Waals surface area contributed by atoms with E-state index in [4.69, 9.17) is 33.3 Å². The molecule has 4 saturated heterocycles. The van der Waals surface area contributed by atoms with Crippen molar-refractivity contribution in [2.24, 2.45) is 5.41 Å². The Hall–Kier alpha value is -5.94. The number of fused-ring (bicyclic) bond motifs is 4. The first kappa shape index (κ1) is 52.9. The molecule has 4 aromatic rings. The summed E-state index contributed by atoms with van der Waals surface area (Å²) in [5.74, 6) is -3.58. The molecule has 0 spiro atoms. The van der Waals surface area contributed by atoms with E-state index in [0.29, 0.717) is 22.3 Å². The number of nitrogens with one attached hydrogen (secondary N) is 2. The van der Waals surface area contributed by atoms with E-state index in [0.717, 1.165) is 5.56 Å². The number of aliphatic hydroxyl groups excluding tert-OH is 5. The lowest BCUT2D eigenvalue weighted by atomic mass is 9.62. The normalized spacial score (nSPS) is 29.5. The number of esters is 2. The quantitative estimate of drug-likeness (QED) is 0.0707. The van der Waals surface area contributed by atoms with Crippen LogP contribution in [0.2, 0.25) is 0 Å². The Labute approximate surface area is 427 Å². The third-order valence-corrected chi connectivity index (χ3v) is 14.0. The van der Waals surface area contributed by atoms with Crippen LogP contribution in [0.25, 0.3) is 6.08 Å². The standard InChI is InChI=1S/C55H63N3O16/c1-53(2,3)71-41(61)23-22-38(30-59)57-49(65)35-17-11-14-33(26-35)28-56-52(67)54-27-39-45-46(73-55(72-45,36-18-6-4-7-19-36)37-20-8-5-9-21-37)48(54)74-58(47(54)50(66)69-39)29-34-15-10-13-32(25-34)16-12-24-68-51-44(64)43(63)42(62)40(31-60)70-51/h4-21,25-26,38-40,42-48,51,59-60,62-64H,22-24,27-31H2,1-3H3,(H,56,67)(H,57,65). The van der Waals surface area contributed by atoms with Gasteiger partial charge in [0.15, 0.2) is 12.3 Å². The molecular formula is C55H63N3O16. The van der Waals surface area contributed by atoms with Crippen LogP contribution in [0, 0.1) is 5.41 Å². The van der Waals surface area contributed by atoms with Crippen molar-refractivity contribution in [1.29, 1.82) is 0 Å². The SMILES string of the molecule is CC(C)(C)OC(=O)CCC(CO)NC(=O)c1cccc(CNC(=O)C23CC4OC(=O)C2N(Cc2cccc(C=CCOC5OC(CO)C(O)C(O)C5O)c2)OC3C2OC(c3ccccc3)(c3ccccc3)OC42)c1. The number of rotatable bonds is 18.